The van der Waals surface area contributed by atoms with Gasteiger partial charge in [0.25, 0.3) is 0 Å². The molecule has 1 heterocycles. The highest BCUT2D eigenvalue weighted by molar-refractivity contribution is 9.10. The summed E-state index contributed by atoms with van der Waals surface area (Å²) in [7, 11) is 2.84. The molecule has 0 amide bonds. The van der Waals surface area contributed by atoms with Crippen LogP contribution >= 0.6 is 71.6 Å². The number of nitrogens with zero attached hydrogens (tertiary/aromatic N) is 2. The predicted octanol–water partition coefficient (Wildman–Crippen LogP) is 5.03. The summed E-state index contributed by atoms with van der Waals surface area (Å²) in [5, 5.41) is 0. The molecule has 0 fully saturated rings. The lowest BCUT2D eigenvalue weighted by atomic mass is 10.2. The number of halogens is 4. The van der Waals surface area contributed by atoms with Gasteiger partial charge in [-0.1, -0.05) is 46.9 Å². The van der Waals surface area contributed by atoms with E-state index in [4.69, 9.17) is 34.8 Å². The van der Waals surface area contributed by atoms with Crippen molar-refractivity contribution in [2.75, 3.05) is 0 Å². The molecule has 0 aliphatic carbocycles. The lowest BCUT2D eigenvalue weighted by molar-refractivity contribution is 1.23. The Morgan fingerprint density at radius 1 is 1.29 bits per heavy atom. The zero-order chi connectivity index (χ0) is 12.5. The molecule has 17 heavy (non-hydrogen) atoms. The van der Waals surface area contributed by atoms with Crippen molar-refractivity contribution in [2.45, 2.75) is 3.79 Å². The Morgan fingerprint density at radius 3 is 2.65 bits per heavy atom. The number of hydrogen-bond donors (Lipinski definition) is 0. The van der Waals surface area contributed by atoms with E-state index in [2.05, 4.69) is 25.3 Å². The number of hydrogen-bond acceptors (Lipinski definition) is 4. The molecule has 2 aromatic rings. The van der Waals surface area contributed by atoms with Crippen LogP contribution in [0.5, 0.6) is 0 Å². The lowest BCUT2D eigenvalue weighted by Crippen LogP contribution is -1.99. The third-order valence-corrected chi connectivity index (χ3v) is 5.21. The summed E-state index contributed by atoms with van der Waals surface area (Å²) in [6.07, 6.45) is 0. The highest BCUT2D eigenvalue weighted by atomic mass is 79.9. The van der Waals surface area contributed by atoms with Crippen LogP contribution in [0.3, 0.4) is 0 Å². The Hall–Kier alpha value is 0.350. The van der Waals surface area contributed by atoms with Gasteiger partial charge in [-0.15, -0.1) is 0 Å². The Kier molecular flexibility index (Phi) is 4.50. The van der Waals surface area contributed by atoms with Crippen LogP contribution in [0.25, 0.3) is 0 Å². The SMILES string of the molecule is ClC(Cl)(Cl)c1cccc(N=c2ssnc2Br)c1. The number of benzene rings is 1. The molecule has 0 saturated carbocycles. The lowest BCUT2D eigenvalue weighted by Gasteiger charge is -2.10. The van der Waals surface area contributed by atoms with Crippen molar-refractivity contribution >= 4 is 77.3 Å². The van der Waals surface area contributed by atoms with E-state index in [9.17, 15) is 0 Å². The second-order valence-electron chi connectivity index (χ2n) is 3.01. The van der Waals surface area contributed by atoms with Crippen molar-refractivity contribution in [3.8, 4) is 0 Å². The van der Waals surface area contributed by atoms with E-state index in [1.165, 1.54) is 20.9 Å². The average molecular weight is 391 g/mol. The number of alkyl halides is 3. The van der Waals surface area contributed by atoms with E-state index < -0.39 is 3.79 Å². The third-order valence-electron chi connectivity index (χ3n) is 1.81. The molecule has 2 rings (SSSR count). The molecule has 1 aromatic heterocycles. The Balaban J connectivity index is 2.46. The van der Waals surface area contributed by atoms with Crippen molar-refractivity contribution in [3.63, 3.8) is 0 Å². The van der Waals surface area contributed by atoms with E-state index >= 15 is 0 Å². The summed E-state index contributed by atoms with van der Waals surface area (Å²) in [6, 6.07) is 7.13. The molecular weight excluding hydrogens is 387 g/mol. The van der Waals surface area contributed by atoms with Gasteiger partial charge in [0.05, 0.1) is 5.69 Å². The minimum Gasteiger partial charge on any atom is -0.234 e. The standard InChI is InChI=1S/C9H4BrCl3N2S2/c10-7-8(16-17-15-7)14-6-3-1-2-5(4-6)9(11,12)13/h1-4H. The normalized spacial score (nSPS) is 13.1. The second kappa shape index (κ2) is 5.55. The first kappa shape index (κ1) is 13.8. The fourth-order valence-electron chi connectivity index (χ4n) is 1.09. The highest BCUT2D eigenvalue weighted by Gasteiger charge is 2.22. The van der Waals surface area contributed by atoms with Gasteiger partial charge in [-0.3, -0.25) is 0 Å². The monoisotopic (exact) mass is 388 g/mol. The molecule has 0 bridgehead atoms. The van der Waals surface area contributed by atoms with Gasteiger partial charge in [0.15, 0.2) is 9.27 Å². The van der Waals surface area contributed by atoms with Gasteiger partial charge in [-0.2, -0.15) is 4.37 Å². The predicted molar refractivity (Wildman–Crippen MR) is 78.6 cm³/mol. The fraction of sp³-hybridized carbons (Fsp3) is 0.111. The van der Waals surface area contributed by atoms with Crippen LogP contribution in [0.4, 0.5) is 5.69 Å². The first-order valence-electron chi connectivity index (χ1n) is 4.30. The first-order valence-corrected chi connectivity index (χ1v) is 8.34. The van der Waals surface area contributed by atoms with Crippen LogP contribution in [-0.4, -0.2) is 4.37 Å². The quantitative estimate of drug-likeness (QED) is 0.495. The Morgan fingerprint density at radius 2 is 2.06 bits per heavy atom. The molecule has 0 spiro atoms. The molecule has 2 nitrogen and oxygen atoms in total. The maximum absolute atomic E-state index is 5.82. The van der Waals surface area contributed by atoms with E-state index in [0.717, 1.165) is 15.0 Å². The summed E-state index contributed by atoms with van der Waals surface area (Å²) in [5.74, 6) is 0. The van der Waals surface area contributed by atoms with Crippen molar-refractivity contribution in [2.24, 2.45) is 4.99 Å². The van der Waals surface area contributed by atoms with Crippen molar-refractivity contribution in [1.82, 2.24) is 4.37 Å². The van der Waals surface area contributed by atoms with E-state index in [1.807, 2.05) is 6.07 Å². The van der Waals surface area contributed by atoms with E-state index in [1.54, 1.807) is 18.2 Å². The van der Waals surface area contributed by atoms with Gasteiger partial charge in [-0.25, -0.2) is 4.99 Å². The van der Waals surface area contributed by atoms with Gasteiger partial charge in [0.2, 0.25) is 3.79 Å². The number of aromatic nitrogens is 1. The third kappa shape index (κ3) is 3.66. The van der Waals surface area contributed by atoms with Gasteiger partial charge in [-0.05, 0) is 38.4 Å². The minimum absolute atomic E-state index is 0.591. The van der Waals surface area contributed by atoms with Crippen LogP contribution in [-0.2, 0) is 3.79 Å². The first-order chi connectivity index (χ1) is 7.97. The van der Waals surface area contributed by atoms with Crippen LogP contribution in [0, 0.1) is 0 Å². The van der Waals surface area contributed by atoms with Crippen LogP contribution in [0.1, 0.15) is 5.56 Å². The summed E-state index contributed by atoms with van der Waals surface area (Å²) < 4.78 is 4.19. The van der Waals surface area contributed by atoms with Crippen LogP contribution < -0.4 is 4.67 Å². The molecule has 90 valence electrons. The summed E-state index contributed by atoms with van der Waals surface area (Å²) in [6.45, 7) is 0. The summed E-state index contributed by atoms with van der Waals surface area (Å²) >= 11 is 20.8. The van der Waals surface area contributed by atoms with Crippen LogP contribution in [0.2, 0.25) is 0 Å². The van der Waals surface area contributed by atoms with Gasteiger partial charge >= 0.3 is 0 Å². The van der Waals surface area contributed by atoms with Crippen molar-refractivity contribution in [1.29, 1.82) is 0 Å². The molecule has 0 aliphatic rings. The molecule has 1 aromatic carbocycles. The van der Waals surface area contributed by atoms with Gasteiger partial charge in [0.1, 0.15) is 0 Å². The van der Waals surface area contributed by atoms with Crippen molar-refractivity contribution in [3.05, 3.63) is 39.1 Å². The molecule has 0 N–H and O–H groups in total. The topological polar surface area (TPSA) is 25.2 Å². The Bertz CT molecular complexity index is 588. The average Bonchev–Trinajstić information content (AvgIpc) is 2.64. The molecular formula is C9H4BrCl3N2S2. The minimum atomic E-state index is -1.43. The molecule has 0 aliphatic heterocycles. The maximum Gasteiger partial charge on any atom is 0.216 e. The van der Waals surface area contributed by atoms with E-state index in [-0.39, 0.29) is 0 Å². The largest absolute Gasteiger partial charge is 0.234 e. The fourth-order valence-corrected chi connectivity index (χ4v) is 4.07. The molecule has 8 heteroatoms. The smallest absolute Gasteiger partial charge is 0.216 e. The second-order valence-corrected chi connectivity index (χ2v) is 7.87. The van der Waals surface area contributed by atoms with Crippen molar-refractivity contribution < 1.29 is 0 Å². The van der Waals surface area contributed by atoms with Gasteiger partial charge in [0, 0.05) is 16.1 Å². The molecule has 0 radical (unpaired) electrons. The maximum atomic E-state index is 5.82. The van der Waals surface area contributed by atoms with E-state index in [0.29, 0.717) is 5.56 Å². The molecule has 0 saturated heterocycles. The molecule has 0 unspecified atom stereocenters. The van der Waals surface area contributed by atoms with Crippen LogP contribution in [0.15, 0.2) is 33.9 Å². The summed E-state index contributed by atoms with van der Waals surface area (Å²) in [4.78, 5) is 4.42. The molecule has 0 atom stereocenters. The zero-order valence-corrected chi connectivity index (χ0v) is 13.5. The summed E-state index contributed by atoms with van der Waals surface area (Å²) in [5.41, 5.74) is 1.32. The highest BCUT2D eigenvalue weighted by Crippen LogP contribution is 2.39. The Labute approximate surface area is 129 Å². The zero-order valence-electron chi connectivity index (χ0n) is 8.03. The van der Waals surface area contributed by atoms with Gasteiger partial charge < -0.3 is 0 Å². The number of rotatable bonds is 1.